The minimum absolute atomic E-state index is 0.272. The number of hydrogen-bond donors (Lipinski definition) is 1. The molecule has 1 saturated heterocycles. The van der Waals surface area contributed by atoms with E-state index in [2.05, 4.69) is 25.0 Å². The van der Waals surface area contributed by atoms with E-state index in [9.17, 15) is 5.11 Å². The van der Waals surface area contributed by atoms with E-state index < -0.39 is 0 Å². The lowest BCUT2D eigenvalue weighted by molar-refractivity contribution is 0.198. The second-order valence-electron chi connectivity index (χ2n) is 6.28. The Kier molecular flexibility index (Phi) is 3.60. The molecule has 4 rings (SSSR count). The highest BCUT2D eigenvalue weighted by atomic mass is 16.5. The molecule has 0 spiro atoms. The summed E-state index contributed by atoms with van der Waals surface area (Å²) in [6, 6.07) is 1.87. The van der Waals surface area contributed by atoms with Gasteiger partial charge in [0, 0.05) is 32.3 Å². The van der Waals surface area contributed by atoms with Crippen molar-refractivity contribution in [1.82, 2.24) is 20.1 Å². The van der Waals surface area contributed by atoms with Crippen LogP contribution in [0.5, 0.6) is 0 Å². The van der Waals surface area contributed by atoms with Gasteiger partial charge in [0.25, 0.3) is 0 Å². The van der Waals surface area contributed by atoms with Crippen molar-refractivity contribution in [2.24, 2.45) is 0 Å². The van der Waals surface area contributed by atoms with Crippen LogP contribution in [0.4, 0.5) is 11.8 Å². The fourth-order valence-electron chi connectivity index (χ4n) is 2.76. The molecule has 1 unspecified atom stereocenters. The Morgan fingerprint density at radius 2 is 2.22 bits per heavy atom. The van der Waals surface area contributed by atoms with Crippen LogP contribution >= 0.6 is 0 Å². The molecule has 2 aliphatic rings. The number of aromatic nitrogens is 4. The van der Waals surface area contributed by atoms with Gasteiger partial charge in [0.15, 0.2) is 5.82 Å². The second-order valence-corrected chi connectivity index (χ2v) is 6.28. The van der Waals surface area contributed by atoms with Gasteiger partial charge < -0.3 is 19.4 Å². The number of aliphatic hydroxyl groups is 1. The van der Waals surface area contributed by atoms with Crippen LogP contribution in [-0.2, 0) is 6.54 Å². The van der Waals surface area contributed by atoms with Gasteiger partial charge in [0.1, 0.15) is 5.82 Å². The molecule has 2 aromatic rings. The smallest absolute Gasteiger partial charge is 0.229 e. The molecule has 0 amide bonds. The number of hydrogen-bond acceptors (Lipinski definition) is 8. The van der Waals surface area contributed by atoms with Crippen molar-refractivity contribution in [2.45, 2.75) is 37.8 Å². The van der Waals surface area contributed by atoms with Crippen LogP contribution in [0.15, 0.2) is 16.8 Å². The Balaban J connectivity index is 1.45. The molecule has 122 valence electrons. The van der Waals surface area contributed by atoms with Crippen molar-refractivity contribution in [3.63, 3.8) is 0 Å². The molecule has 1 aliphatic heterocycles. The van der Waals surface area contributed by atoms with Crippen LogP contribution in [0.25, 0.3) is 0 Å². The third-order valence-electron chi connectivity index (χ3n) is 4.25. The molecule has 1 N–H and O–H groups in total. The maximum atomic E-state index is 9.66. The zero-order valence-electron chi connectivity index (χ0n) is 13.1. The monoisotopic (exact) mass is 316 g/mol. The average molecular weight is 316 g/mol. The van der Waals surface area contributed by atoms with E-state index in [1.165, 1.54) is 0 Å². The number of aliphatic hydroxyl groups excluding tert-OH is 1. The predicted molar refractivity (Wildman–Crippen MR) is 83.2 cm³/mol. The predicted octanol–water partition coefficient (Wildman–Crippen LogP) is 0.944. The maximum absolute atomic E-state index is 9.66. The Hall–Kier alpha value is -2.22. The zero-order valence-corrected chi connectivity index (χ0v) is 13.1. The standard InChI is InChI=1S/C15H20N6O2/c1-20(9-12-17-14(23-19-12)10-2-3-10)15-16-6-4-13(18-15)21-7-5-11(22)8-21/h4,6,10-11,22H,2-3,5,7-9H2,1H3. The van der Waals surface area contributed by atoms with Gasteiger partial charge in [-0.3, -0.25) is 0 Å². The molecule has 8 nitrogen and oxygen atoms in total. The maximum Gasteiger partial charge on any atom is 0.229 e. The summed E-state index contributed by atoms with van der Waals surface area (Å²) in [7, 11) is 1.91. The van der Waals surface area contributed by atoms with Crippen LogP contribution in [0, 0.1) is 0 Å². The summed E-state index contributed by atoms with van der Waals surface area (Å²) in [4.78, 5) is 17.3. The Morgan fingerprint density at radius 3 is 2.96 bits per heavy atom. The molecule has 0 bridgehead atoms. The van der Waals surface area contributed by atoms with Gasteiger partial charge in [-0.25, -0.2) is 4.98 Å². The van der Waals surface area contributed by atoms with E-state index in [1.807, 2.05) is 18.0 Å². The molecule has 23 heavy (non-hydrogen) atoms. The fourth-order valence-corrected chi connectivity index (χ4v) is 2.76. The first kappa shape index (κ1) is 14.4. The van der Waals surface area contributed by atoms with E-state index in [1.54, 1.807) is 6.20 Å². The number of anilines is 2. The van der Waals surface area contributed by atoms with E-state index in [0.717, 1.165) is 37.5 Å². The van der Waals surface area contributed by atoms with Gasteiger partial charge in [-0.1, -0.05) is 5.16 Å². The van der Waals surface area contributed by atoms with Gasteiger partial charge in [-0.15, -0.1) is 0 Å². The summed E-state index contributed by atoms with van der Waals surface area (Å²) in [6.07, 6.45) is 4.53. The van der Waals surface area contributed by atoms with Crippen LogP contribution in [0.3, 0.4) is 0 Å². The molecule has 8 heteroatoms. The first-order valence-electron chi connectivity index (χ1n) is 7.99. The van der Waals surface area contributed by atoms with E-state index in [0.29, 0.717) is 30.8 Å². The van der Waals surface area contributed by atoms with Gasteiger partial charge >= 0.3 is 0 Å². The molecule has 1 atom stereocenters. The normalized spacial score (nSPS) is 21.0. The summed E-state index contributed by atoms with van der Waals surface area (Å²) >= 11 is 0. The van der Waals surface area contributed by atoms with Crippen molar-refractivity contribution >= 4 is 11.8 Å². The van der Waals surface area contributed by atoms with Crippen LogP contribution in [0.2, 0.25) is 0 Å². The zero-order chi connectivity index (χ0) is 15.8. The van der Waals surface area contributed by atoms with E-state index in [-0.39, 0.29) is 6.10 Å². The van der Waals surface area contributed by atoms with Gasteiger partial charge in [-0.2, -0.15) is 9.97 Å². The quantitative estimate of drug-likeness (QED) is 0.871. The third-order valence-corrected chi connectivity index (χ3v) is 4.25. The van der Waals surface area contributed by atoms with E-state index >= 15 is 0 Å². The molecular formula is C15H20N6O2. The highest BCUT2D eigenvalue weighted by Gasteiger charge is 2.29. The first-order chi connectivity index (χ1) is 11.2. The highest BCUT2D eigenvalue weighted by molar-refractivity contribution is 5.44. The van der Waals surface area contributed by atoms with Crippen molar-refractivity contribution in [2.75, 3.05) is 29.9 Å². The lowest BCUT2D eigenvalue weighted by atomic mass is 10.3. The molecule has 3 heterocycles. The fraction of sp³-hybridized carbons (Fsp3) is 0.600. The minimum atomic E-state index is -0.272. The Labute approximate surface area is 134 Å². The van der Waals surface area contributed by atoms with Crippen LogP contribution in [0.1, 0.15) is 36.9 Å². The van der Waals surface area contributed by atoms with Crippen molar-refractivity contribution in [1.29, 1.82) is 0 Å². The molecule has 1 aliphatic carbocycles. The SMILES string of the molecule is CN(Cc1noc(C2CC2)n1)c1nccc(N2CCC(O)C2)n1. The van der Waals surface area contributed by atoms with Gasteiger partial charge in [-0.05, 0) is 25.3 Å². The van der Waals surface area contributed by atoms with Crippen LogP contribution < -0.4 is 9.80 Å². The van der Waals surface area contributed by atoms with E-state index in [4.69, 9.17) is 4.52 Å². The summed E-state index contributed by atoms with van der Waals surface area (Å²) in [5, 5.41) is 13.7. The topological polar surface area (TPSA) is 91.4 Å². The van der Waals surface area contributed by atoms with Crippen molar-refractivity contribution < 1.29 is 9.63 Å². The molecule has 1 saturated carbocycles. The molecule has 0 radical (unpaired) electrons. The Morgan fingerprint density at radius 1 is 1.35 bits per heavy atom. The second kappa shape index (κ2) is 5.77. The summed E-state index contributed by atoms with van der Waals surface area (Å²) < 4.78 is 5.28. The minimum Gasteiger partial charge on any atom is -0.391 e. The number of nitrogens with zero attached hydrogens (tertiary/aromatic N) is 6. The Bertz CT molecular complexity index is 686. The molecule has 0 aromatic carbocycles. The molecular weight excluding hydrogens is 296 g/mol. The third kappa shape index (κ3) is 3.12. The largest absolute Gasteiger partial charge is 0.391 e. The van der Waals surface area contributed by atoms with Crippen molar-refractivity contribution in [3.05, 3.63) is 24.0 Å². The first-order valence-corrected chi connectivity index (χ1v) is 7.99. The molecule has 2 aromatic heterocycles. The van der Waals surface area contributed by atoms with Gasteiger partial charge in [0.2, 0.25) is 11.8 Å². The lowest BCUT2D eigenvalue weighted by Crippen LogP contribution is -2.25. The van der Waals surface area contributed by atoms with Crippen LogP contribution in [-0.4, -0.2) is 51.5 Å². The highest BCUT2D eigenvalue weighted by Crippen LogP contribution is 2.38. The summed E-state index contributed by atoms with van der Waals surface area (Å²) in [6.45, 7) is 1.94. The average Bonchev–Trinajstić information content (AvgIpc) is 3.16. The lowest BCUT2D eigenvalue weighted by Gasteiger charge is -2.20. The molecule has 2 fully saturated rings. The van der Waals surface area contributed by atoms with Crippen molar-refractivity contribution in [3.8, 4) is 0 Å². The van der Waals surface area contributed by atoms with Gasteiger partial charge in [0.05, 0.1) is 12.6 Å². The number of β-amino-alcohol motifs (C(OH)–C–C–N with tert-alkyl or cyclic N) is 1. The summed E-state index contributed by atoms with van der Waals surface area (Å²) in [5.41, 5.74) is 0. The summed E-state index contributed by atoms with van der Waals surface area (Å²) in [5.74, 6) is 3.31. The number of rotatable bonds is 5.